The SMILES string of the molecule is CC(=O)c1cnc2c(n1)c(C(N)=O)c(N)n2-c1c(C)ccc(O)c1C. The van der Waals surface area contributed by atoms with Gasteiger partial charge in [0.15, 0.2) is 11.4 Å². The minimum absolute atomic E-state index is 0.00672. The third kappa shape index (κ3) is 2.38. The summed E-state index contributed by atoms with van der Waals surface area (Å²) in [5.41, 5.74) is 14.1. The molecule has 25 heavy (non-hydrogen) atoms. The number of aromatic hydroxyl groups is 1. The van der Waals surface area contributed by atoms with Gasteiger partial charge >= 0.3 is 0 Å². The summed E-state index contributed by atoms with van der Waals surface area (Å²) in [7, 11) is 0. The Kier molecular flexibility index (Phi) is 3.67. The molecule has 5 N–H and O–H groups in total. The number of anilines is 1. The van der Waals surface area contributed by atoms with E-state index in [4.69, 9.17) is 11.5 Å². The lowest BCUT2D eigenvalue weighted by Gasteiger charge is -2.15. The predicted octanol–water partition coefficient (Wildman–Crippen LogP) is 1.63. The maximum atomic E-state index is 11.9. The van der Waals surface area contributed by atoms with Crippen LogP contribution in [0.1, 0.15) is 38.9 Å². The summed E-state index contributed by atoms with van der Waals surface area (Å²) in [6, 6.07) is 3.30. The number of phenolic OH excluding ortho intramolecular Hbond substituents is 1. The van der Waals surface area contributed by atoms with Crippen LogP contribution in [0.5, 0.6) is 5.75 Å². The first-order chi connectivity index (χ1) is 11.7. The molecule has 1 aromatic carbocycles. The van der Waals surface area contributed by atoms with Crippen LogP contribution in [0.3, 0.4) is 0 Å². The Hall–Kier alpha value is -3.42. The predicted molar refractivity (Wildman–Crippen MR) is 92.9 cm³/mol. The van der Waals surface area contributed by atoms with Crippen molar-refractivity contribution in [1.82, 2.24) is 14.5 Å². The number of benzene rings is 1. The topological polar surface area (TPSA) is 137 Å². The van der Waals surface area contributed by atoms with E-state index in [1.165, 1.54) is 17.7 Å². The molecule has 0 aliphatic rings. The van der Waals surface area contributed by atoms with Crippen molar-refractivity contribution < 1.29 is 14.7 Å². The van der Waals surface area contributed by atoms with Crippen molar-refractivity contribution in [2.75, 3.05) is 5.73 Å². The highest BCUT2D eigenvalue weighted by Crippen LogP contribution is 2.34. The molecule has 0 unspecified atom stereocenters. The Morgan fingerprint density at radius 1 is 1.24 bits per heavy atom. The van der Waals surface area contributed by atoms with E-state index < -0.39 is 5.91 Å². The number of rotatable bonds is 3. The highest BCUT2D eigenvalue weighted by Gasteiger charge is 2.25. The second-order valence-electron chi connectivity index (χ2n) is 5.82. The molecule has 0 spiro atoms. The number of Topliss-reactive ketones (excluding diaryl/α,β-unsaturated/α-hetero) is 1. The lowest BCUT2D eigenvalue weighted by Crippen LogP contribution is -2.14. The Balaban J connectivity index is 2.49. The van der Waals surface area contributed by atoms with E-state index in [9.17, 15) is 14.7 Å². The first kappa shape index (κ1) is 16.4. The van der Waals surface area contributed by atoms with Crippen LogP contribution in [0.25, 0.3) is 16.9 Å². The van der Waals surface area contributed by atoms with Crippen LogP contribution in [-0.4, -0.2) is 31.3 Å². The molecule has 0 aliphatic carbocycles. The molecule has 0 radical (unpaired) electrons. The lowest BCUT2D eigenvalue weighted by atomic mass is 10.1. The van der Waals surface area contributed by atoms with Crippen LogP contribution >= 0.6 is 0 Å². The summed E-state index contributed by atoms with van der Waals surface area (Å²) in [5.74, 6) is -0.927. The van der Waals surface area contributed by atoms with Crippen molar-refractivity contribution in [2.24, 2.45) is 5.73 Å². The first-order valence-electron chi connectivity index (χ1n) is 7.51. The second-order valence-corrected chi connectivity index (χ2v) is 5.82. The third-order valence-corrected chi connectivity index (χ3v) is 4.13. The summed E-state index contributed by atoms with van der Waals surface area (Å²) in [6.45, 7) is 4.92. The van der Waals surface area contributed by atoms with Crippen LogP contribution in [0.2, 0.25) is 0 Å². The van der Waals surface area contributed by atoms with E-state index in [-0.39, 0.29) is 39.8 Å². The molecule has 2 heterocycles. The Morgan fingerprint density at radius 2 is 1.92 bits per heavy atom. The Bertz CT molecular complexity index is 1050. The van der Waals surface area contributed by atoms with Gasteiger partial charge in [-0.15, -0.1) is 0 Å². The van der Waals surface area contributed by atoms with Crippen molar-refractivity contribution in [3.05, 3.63) is 40.7 Å². The number of carbonyl (C=O) groups is 2. The number of nitrogens with two attached hydrogens (primary N) is 2. The Labute approximate surface area is 143 Å². The van der Waals surface area contributed by atoms with Crippen LogP contribution in [-0.2, 0) is 0 Å². The minimum Gasteiger partial charge on any atom is -0.508 e. The fourth-order valence-electron chi connectivity index (χ4n) is 2.87. The van der Waals surface area contributed by atoms with E-state index in [0.29, 0.717) is 11.3 Å². The average Bonchev–Trinajstić information content (AvgIpc) is 2.83. The monoisotopic (exact) mass is 339 g/mol. The van der Waals surface area contributed by atoms with Gasteiger partial charge in [-0.3, -0.25) is 14.2 Å². The molecule has 0 bridgehead atoms. The maximum Gasteiger partial charge on any atom is 0.254 e. The van der Waals surface area contributed by atoms with E-state index in [1.54, 1.807) is 19.1 Å². The van der Waals surface area contributed by atoms with Crippen LogP contribution in [0.15, 0.2) is 18.3 Å². The van der Waals surface area contributed by atoms with Gasteiger partial charge in [0.2, 0.25) is 0 Å². The summed E-state index contributed by atoms with van der Waals surface area (Å²) >= 11 is 0. The van der Waals surface area contributed by atoms with E-state index >= 15 is 0 Å². The number of aryl methyl sites for hydroxylation is 1. The summed E-state index contributed by atoms with van der Waals surface area (Å²) in [6.07, 6.45) is 1.32. The molecule has 0 atom stereocenters. The number of fused-ring (bicyclic) bond motifs is 1. The highest BCUT2D eigenvalue weighted by atomic mass is 16.3. The molecule has 3 rings (SSSR count). The first-order valence-corrected chi connectivity index (χ1v) is 7.51. The van der Waals surface area contributed by atoms with Crippen molar-refractivity contribution in [3.8, 4) is 11.4 Å². The van der Waals surface area contributed by atoms with Gasteiger partial charge in [0.05, 0.1) is 11.9 Å². The van der Waals surface area contributed by atoms with Gasteiger partial charge < -0.3 is 16.6 Å². The number of phenols is 1. The number of hydrogen-bond acceptors (Lipinski definition) is 6. The number of nitrogen functional groups attached to an aromatic ring is 1. The second kappa shape index (κ2) is 5.59. The van der Waals surface area contributed by atoms with Crippen LogP contribution in [0.4, 0.5) is 5.82 Å². The zero-order chi connectivity index (χ0) is 18.5. The van der Waals surface area contributed by atoms with Gasteiger partial charge in [0, 0.05) is 12.5 Å². The van der Waals surface area contributed by atoms with E-state index in [1.807, 2.05) is 6.92 Å². The Morgan fingerprint density at radius 3 is 2.52 bits per heavy atom. The zero-order valence-corrected chi connectivity index (χ0v) is 14.0. The van der Waals surface area contributed by atoms with Crippen molar-refractivity contribution in [1.29, 1.82) is 0 Å². The molecule has 0 aliphatic heterocycles. The van der Waals surface area contributed by atoms with Crippen LogP contribution < -0.4 is 11.5 Å². The van der Waals surface area contributed by atoms with Gasteiger partial charge in [-0.05, 0) is 25.5 Å². The molecule has 3 aromatic rings. The summed E-state index contributed by atoms with van der Waals surface area (Å²) in [4.78, 5) is 32.0. The molecule has 0 saturated heterocycles. The van der Waals surface area contributed by atoms with Gasteiger partial charge in [-0.25, -0.2) is 9.97 Å². The molecular weight excluding hydrogens is 322 g/mol. The fraction of sp³-hybridized carbons (Fsp3) is 0.176. The van der Waals surface area contributed by atoms with E-state index in [2.05, 4.69) is 9.97 Å². The molecular formula is C17H17N5O3. The number of primary amides is 1. The zero-order valence-electron chi connectivity index (χ0n) is 14.0. The van der Waals surface area contributed by atoms with Gasteiger partial charge in [-0.1, -0.05) is 6.07 Å². The number of carbonyl (C=O) groups excluding carboxylic acids is 2. The molecule has 8 heteroatoms. The largest absolute Gasteiger partial charge is 0.508 e. The summed E-state index contributed by atoms with van der Waals surface area (Å²) < 4.78 is 1.52. The highest BCUT2D eigenvalue weighted by molar-refractivity contribution is 6.10. The number of ketones is 1. The third-order valence-electron chi connectivity index (χ3n) is 4.13. The number of hydrogen-bond donors (Lipinski definition) is 3. The standard InChI is InChI=1S/C17H17N5O3/c1-7-4-5-11(24)8(2)14(7)22-15(18)12(16(19)25)13-17(22)20-6-10(21-13)9(3)23/h4-6,24H,18H2,1-3H3,(H2,19,25). The van der Waals surface area contributed by atoms with Crippen LogP contribution in [0, 0.1) is 13.8 Å². The molecule has 2 aromatic heterocycles. The fourth-order valence-corrected chi connectivity index (χ4v) is 2.87. The van der Waals surface area contributed by atoms with E-state index in [0.717, 1.165) is 5.56 Å². The van der Waals surface area contributed by atoms with Gasteiger partial charge in [0.25, 0.3) is 5.91 Å². The van der Waals surface area contributed by atoms with Crippen molar-refractivity contribution in [2.45, 2.75) is 20.8 Å². The van der Waals surface area contributed by atoms with Gasteiger partial charge in [-0.2, -0.15) is 0 Å². The smallest absolute Gasteiger partial charge is 0.254 e. The van der Waals surface area contributed by atoms with Crippen molar-refractivity contribution in [3.63, 3.8) is 0 Å². The van der Waals surface area contributed by atoms with Gasteiger partial charge in [0.1, 0.15) is 28.3 Å². The normalized spacial score (nSPS) is 11.0. The molecule has 0 saturated carbocycles. The average molecular weight is 339 g/mol. The maximum absolute atomic E-state index is 11.9. The number of amides is 1. The van der Waals surface area contributed by atoms with Crippen molar-refractivity contribution >= 4 is 28.7 Å². The number of nitrogens with zero attached hydrogens (tertiary/aromatic N) is 3. The number of aromatic nitrogens is 3. The molecule has 1 amide bonds. The molecule has 8 nitrogen and oxygen atoms in total. The minimum atomic E-state index is -0.772. The summed E-state index contributed by atoms with van der Waals surface area (Å²) in [5, 5.41) is 10.1. The lowest BCUT2D eigenvalue weighted by molar-refractivity contribution is 0.0994. The molecule has 0 fully saturated rings. The molecule has 128 valence electrons. The quantitative estimate of drug-likeness (QED) is 0.620.